The van der Waals surface area contributed by atoms with E-state index in [4.69, 9.17) is 4.74 Å². The molecule has 2 rings (SSSR count). The molecule has 0 radical (unpaired) electrons. The minimum absolute atomic E-state index is 0.00591. The van der Waals surface area contributed by atoms with E-state index in [-0.39, 0.29) is 18.3 Å². The lowest BCUT2D eigenvalue weighted by atomic mass is 10.0. The maximum absolute atomic E-state index is 12.7. The number of ether oxygens (including phenoxy) is 1. The average molecular weight is 296 g/mol. The Morgan fingerprint density at radius 2 is 1.90 bits per heavy atom. The lowest BCUT2D eigenvalue weighted by molar-refractivity contribution is -0.131. The predicted molar refractivity (Wildman–Crippen MR) is 84.9 cm³/mol. The largest absolute Gasteiger partial charge is 0.378 e. The van der Waals surface area contributed by atoms with E-state index < -0.39 is 0 Å². The van der Waals surface area contributed by atoms with Crippen LogP contribution in [-0.4, -0.2) is 42.3 Å². The molecule has 122 valence electrons. The smallest absolute Gasteiger partial charge is 0.241 e. The molecule has 2 aliphatic heterocycles. The highest BCUT2D eigenvalue weighted by molar-refractivity contribution is 5.84. The van der Waals surface area contributed by atoms with Crippen LogP contribution in [-0.2, 0) is 9.53 Å². The fourth-order valence-corrected chi connectivity index (χ4v) is 3.52. The third-order valence-corrected chi connectivity index (χ3v) is 4.72. The molecule has 21 heavy (non-hydrogen) atoms. The maximum Gasteiger partial charge on any atom is 0.241 e. The highest BCUT2D eigenvalue weighted by Crippen LogP contribution is 2.27. The van der Waals surface area contributed by atoms with Gasteiger partial charge in [0, 0.05) is 19.1 Å². The summed E-state index contributed by atoms with van der Waals surface area (Å²) < 4.78 is 5.66. The predicted octanol–water partition coefficient (Wildman–Crippen LogP) is 2.63. The molecular weight excluding hydrogens is 264 g/mol. The van der Waals surface area contributed by atoms with E-state index in [1.54, 1.807) is 0 Å². The van der Waals surface area contributed by atoms with Gasteiger partial charge in [0.1, 0.15) is 0 Å². The number of carbonyl (C=O) groups excluding carboxylic acids is 1. The number of nitrogens with zero attached hydrogens (tertiary/aromatic N) is 1. The first-order chi connectivity index (χ1) is 9.88. The Morgan fingerprint density at radius 1 is 1.24 bits per heavy atom. The van der Waals surface area contributed by atoms with Crippen LogP contribution in [0.5, 0.6) is 0 Å². The summed E-state index contributed by atoms with van der Waals surface area (Å²) in [6, 6.07) is 0.00591. The van der Waals surface area contributed by atoms with Crippen molar-refractivity contribution >= 4 is 5.91 Å². The van der Waals surface area contributed by atoms with Gasteiger partial charge < -0.3 is 9.64 Å². The van der Waals surface area contributed by atoms with Crippen LogP contribution in [0.15, 0.2) is 0 Å². The molecule has 4 atom stereocenters. The van der Waals surface area contributed by atoms with Gasteiger partial charge >= 0.3 is 0 Å². The van der Waals surface area contributed by atoms with E-state index >= 15 is 0 Å². The van der Waals surface area contributed by atoms with Crippen molar-refractivity contribution < 1.29 is 9.53 Å². The van der Waals surface area contributed by atoms with Crippen LogP contribution >= 0.6 is 0 Å². The third kappa shape index (κ3) is 4.19. The number of hydrogen-bond acceptors (Lipinski definition) is 3. The molecule has 4 unspecified atom stereocenters. The van der Waals surface area contributed by atoms with E-state index in [9.17, 15) is 4.79 Å². The number of carbonyl (C=O) groups is 1. The summed E-state index contributed by atoms with van der Waals surface area (Å²) in [7, 11) is 0. The van der Waals surface area contributed by atoms with Gasteiger partial charge in [0.2, 0.25) is 5.91 Å². The first kappa shape index (κ1) is 16.8. The van der Waals surface area contributed by atoms with Crippen LogP contribution in [0.1, 0.15) is 53.9 Å². The zero-order valence-corrected chi connectivity index (χ0v) is 14.3. The summed E-state index contributed by atoms with van der Waals surface area (Å²) in [6.45, 7) is 12.6. The zero-order chi connectivity index (χ0) is 15.6. The normalized spacial score (nSPS) is 33.7. The quantitative estimate of drug-likeness (QED) is 0.819. The summed E-state index contributed by atoms with van der Waals surface area (Å²) in [5.41, 5.74) is 0. The molecule has 2 heterocycles. The van der Waals surface area contributed by atoms with Crippen molar-refractivity contribution in [3.63, 3.8) is 0 Å². The Bertz CT molecular complexity index is 357. The van der Waals surface area contributed by atoms with Gasteiger partial charge in [0.05, 0.1) is 18.3 Å². The van der Waals surface area contributed by atoms with Gasteiger partial charge in [0.25, 0.3) is 0 Å². The van der Waals surface area contributed by atoms with Crippen LogP contribution in [0, 0.1) is 17.8 Å². The standard InChI is InChI=1S/C17H32N2O2/c1-11(2)8-15-17(20)19(16(18-15)9-12(3)4)10-14-6-7-21-13(14)5/h11-16,18H,6-10H2,1-5H3. The van der Waals surface area contributed by atoms with Gasteiger partial charge in [-0.2, -0.15) is 0 Å². The number of hydrogen-bond donors (Lipinski definition) is 1. The molecule has 4 heteroatoms. The molecule has 0 aliphatic carbocycles. The second kappa shape index (κ2) is 7.10. The molecule has 4 nitrogen and oxygen atoms in total. The minimum atomic E-state index is 0.00591. The van der Waals surface area contributed by atoms with E-state index in [2.05, 4.69) is 44.8 Å². The van der Waals surface area contributed by atoms with Crippen LogP contribution in [0.25, 0.3) is 0 Å². The van der Waals surface area contributed by atoms with E-state index in [0.717, 1.165) is 32.4 Å². The van der Waals surface area contributed by atoms with Gasteiger partial charge in [-0.1, -0.05) is 27.7 Å². The van der Waals surface area contributed by atoms with Crippen molar-refractivity contribution in [1.82, 2.24) is 10.2 Å². The monoisotopic (exact) mass is 296 g/mol. The van der Waals surface area contributed by atoms with Gasteiger partial charge in [-0.3, -0.25) is 10.1 Å². The minimum Gasteiger partial charge on any atom is -0.378 e. The Kier molecular flexibility index (Phi) is 5.67. The fourth-order valence-electron chi connectivity index (χ4n) is 3.52. The van der Waals surface area contributed by atoms with Crippen molar-refractivity contribution in [2.24, 2.45) is 17.8 Å². The molecule has 2 fully saturated rings. The molecule has 0 saturated carbocycles. The third-order valence-electron chi connectivity index (χ3n) is 4.72. The Morgan fingerprint density at radius 3 is 2.43 bits per heavy atom. The van der Waals surface area contributed by atoms with Crippen LogP contribution in [0.3, 0.4) is 0 Å². The topological polar surface area (TPSA) is 41.6 Å². The summed E-state index contributed by atoms with van der Waals surface area (Å²) in [5.74, 6) is 1.92. The first-order valence-corrected chi connectivity index (χ1v) is 8.56. The van der Waals surface area contributed by atoms with Crippen LogP contribution < -0.4 is 5.32 Å². The van der Waals surface area contributed by atoms with Crippen LogP contribution in [0.2, 0.25) is 0 Å². The van der Waals surface area contributed by atoms with Gasteiger partial charge in [0.15, 0.2) is 0 Å². The molecule has 0 aromatic heterocycles. The second-order valence-electron chi connectivity index (χ2n) is 7.61. The summed E-state index contributed by atoms with van der Waals surface area (Å²) in [6.07, 6.45) is 3.52. The van der Waals surface area contributed by atoms with E-state index in [1.165, 1.54) is 0 Å². The van der Waals surface area contributed by atoms with Crippen molar-refractivity contribution in [1.29, 1.82) is 0 Å². The van der Waals surface area contributed by atoms with Crippen molar-refractivity contribution in [2.45, 2.75) is 72.2 Å². The Labute approximate surface area is 129 Å². The molecule has 0 bridgehead atoms. The summed E-state index contributed by atoms with van der Waals surface area (Å²) >= 11 is 0. The van der Waals surface area contributed by atoms with Gasteiger partial charge in [-0.05, 0) is 38.0 Å². The summed E-state index contributed by atoms with van der Waals surface area (Å²) in [5, 5.41) is 3.58. The molecule has 1 N–H and O–H groups in total. The number of rotatable bonds is 6. The first-order valence-electron chi connectivity index (χ1n) is 8.56. The Hall–Kier alpha value is -0.610. The lowest BCUT2D eigenvalue weighted by Gasteiger charge is -2.29. The molecule has 0 aromatic rings. The summed E-state index contributed by atoms with van der Waals surface area (Å²) in [4.78, 5) is 14.9. The lowest BCUT2D eigenvalue weighted by Crippen LogP contribution is -2.42. The Balaban J connectivity index is 2.04. The van der Waals surface area contributed by atoms with Crippen molar-refractivity contribution in [3.05, 3.63) is 0 Å². The average Bonchev–Trinajstić information content (AvgIpc) is 2.88. The van der Waals surface area contributed by atoms with E-state index in [0.29, 0.717) is 23.7 Å². The van der Waals surface area contributed by atoms with Crippen molar-refractivity contribution in [2.75, 3.05) is 13.2 Å². The SMILES string of the molecule is CC(C)CC1NC(CC(C)C)N(CC2CCOC2C)C1=O. The molecular formula is C17H32N2O2. The number of nitrogens with one attached hydrogen (secondary N) is 1. The van der Waals surface area contributed by atoms with Gasteiger partial charge in [-0.25, -0.2) is 0 Å². The molecule has 2 aliphatic rings. The highest BCUT2D eigenvalue weighted by Gasteiger charge is 2.41. The molecule has 1 amide bonds. The molecule has 2 saturated heterocycles. The van der Waals surface area contributed by atoms with Gasteiger partial charge in [-0.15, -0.1) is 0 Å². The maximum atomic E-state index is 12.7. The van der Waals surface area contributed by atoms with Crippen molar-refractivity contribution in [3.8, 4) is 0 Å². The van der Waals surface area contributed by atoms with E-state index in [1.807, 2.05) is 0 Å². The fraction of sp³-hybridized carbons (Fsp3) is 0.941. The molecule has 0 aromatic carbocycles. The highest BCUT2D eigenvalue weighted by atomic mass is 16.5. The second-order valence-corrected chi connectivity index (χ2v) is 7.61. The number of amides is 1. The zero-order valence-electron chi connectivity index (χ0n) is 14.3. The molecule has 0 spiro atoms. The van der Waals surface area contributed by atoms with Crippen LogP contribution in [0.4, 0.5) is 0 Å².